The number of carbonyl (C=O) groups excluding carboxylic acids is 1. The zero-order valence-corrected chi connectivity index (χ0v) is 13.7. The summed E-state index contributed by atoms with van der Waals surface area (Å²) in [6.07, 6.45) is 0. The van der Waals surface area contributed by atoms with Gasteiger partial charge < -0.3 is 14.8 Å². The molecular formula is C16H12BrN3O3. The maximum absolute atomic E-state index is 12.1. The van der Waals surface area contributed by atoms with E-state index in [1.54, 1.807) is 36.4 Å². The summed E-state index contributed by atoms with van der Waals surface area (Å²) >= 11 is 3.30. The second kappa shape index (κ2) is 6.21. The zero-order chi connectivity index (χ0) is 16.4. The van der Waals surface area contributed by atoms with Gasteiger partial charge in [-0.05, 0) is 24.3 Å². The molecule has 0 unspecified atom stereocenters. The fraction of sp³-hybridized carbons (Fsp3) is 0.0625. The molecule has 0 aliphatic carbocycles. The number of nitrogens with zero attached hydrogens (tertiary/aromatic N) is 2. The minimum absolute atomic E-state index is 0.171. The first-order chi connectivity index (χ1) is 11.1. The topological polar surface area (TPSA) is 87.0 Å². The number of carbonyl (C=O) groups is 1. The van der Waals surface area contributed by atoms with Gasteiger partial charge in [0.15, 0.2) is 5.69 Å². The third kappa shape index (κ3) is 2.95. The highest BCUT2D eigenvalue weighted by Crippen LogP contribution is 2.39. The van der Waals surface area contributed by atoms with Crippen molar-refractivity contribution in [2.24, 2.45) is 10.2 Å². The standard InChI is InChI=1S/C16H12BrN3O3/c1-23-12-7-3-6-11-13(12)18-16(22)14(11)19-20-15(21)9-4-2-5-10(17)8-9/h2-8,18,22H,1H3. The number of amides is 1. The van der Waals surface area contributed by atoms with Gasteiger partial charge in [0.05, 0.1) is 12.6 Å². The predicted molar refractivity (Wildman–Crippen MR) is 89.5 cm³/mol. The van der Waals surface area contributed by atoms with Crippen molar-refractivity contribution >= 4 is 38.4 Å². The molecule has 0 saturated heterocycles. The number of aromatic amines is 1. The minimum Gasteiger partial charge on any atom is -0.495 e. The largest absolute Gasteiger partial charge is 0.495 e. The fourth-order valence-electron chi connectivity index (χ4n) is 2.21. The van der Waals surface area contributed by atoms with E-state index in [0.717, 1.165) is 4.47 Å². The van der Waals surface area contributed by atoms with Crippen LogP contribution in [-0.4, -0.2) is 23.1 Å². The summed E-state index contributed by atoms with van der Waals surface area (Å²) in [6, 6.07) is 12.1. The van der Waals surface area contributed by atoms with Crippen LogP contribution < -0.4 is 4.74 Å². The summed E-state index contributed by atoms with van der Waals surface area (Å²) in [7, 11) is 1.53. The summed E-state index contributed by atoms with van der Waals surface area (Å²) in [6.45, 7) is 0. The van der Waals surface area contributed by atoms with Crippen LogP contribution in [0.2, 0.25) is 0 Å². The van der Waals surface area contributed by atoms with Gasteiger partial charge in [-0.2, -0.15) is 0 Å². The van der Waals surface area contributed by atoms with E-state index in [9.17, 15) is 9.90 Å². The lowest BCUT2D eigenvalue weighted by Gasteiger charge is -1.99. The Hall–Kier alpha value is -2.67. The highest BCUT2D eigenvalue weighted by molar-refractivity contribution is 9.10. The molecule has 0 atom stereocenters. The smallest absolute Gasteiger partial charge is 0.295 e. The normalized spacial score (nSPS) is 11.2. The average Bonchev–Trinajstić information content (AvgIpc) is 2.88. The molecule has 2 N–H and O–H groups in total. The maximum atomic E-state index is 12.1. The summed E-state index contributed by atoms with van der Waals surface area (Å²) in [5, 5.41) is 18.2. The number of benzene rings is 2. The monoisotopic (exact) mass is 373 g/mol. The van der Waals surface area contributed by atoms with Gasteiger partial charge >= 0.3 is 0 Å². The van der Waals surface area contributed by atoms with Gasteiger partial charge in [-0.1, -0.05) is 34.1 Å². The number of aromatic nitrogens is 1. The van der Waals surface area contributed by atoms with Crippen molar-refractivity contribution in [1.29, 1.82) is 0 Å². The lowest BCUT2D eigenvalue weighted by atomic mass is 10.2. The molecule has 23 heavy (non-hydrogen) atoms. The first-order valence-corrected chi connectivity index (χ1v) is 7.48. The summed E-state index contributed by atoms with van der Waals surface area (Å²) < 4.78 is 5.99. The van der Waals surface area contributed by atoms with Gasteiger partial charge in [-0.15, -0.1) is 10.2 Å². The van der Waals surface area contributed by atoms with E-state index in [-0.39, 0.29) is 11.6 Å². The van der Waals surface area contributed by atoms with Crippen LogP contribution in [0.15, 0.2) is 57.2 Å². The van der Waals surface area contributed by atoms with E-state index in [0.29, 0.717) is 22.2 Å². The van der Waals surface area contributed by atoms with Crippen molar-refractivity contribution < 1.29 is 14.6 Å². The molecule has 1 amide bonds. The Morgan fingerprint density at radius 2 is 2.04 bits per heavy atom. The molecule has 0 spiro atoms. The van der Waals surface area contributed by atoms with Gasteiger partial charge in [-0.3, -0.25) is 4.79 Å². The number of para-hydroxylation sites is 1. The zero-order valence-electron chi connectivity index (χ0n) is 12.1. The molecular weight excluding hydrogens is 362 g/mol. The molecule has 1 heterocycles. The number of aromatic hydroxyl groups is 1. The van der Waals surface area contributed by atoms with Crippen molar-refractivity contribution in [3.63, 3.8) is 0 Å². The van der Waals surface area contributed by atoms with Gasteiger partial charge in [0, 0.05) is 15.4 Å². The van der Waals surface area contributed by atoms with Crippen LogP contribution in [0, 0.1) is 0 Å². The Labute approximate surface area is 139 Å². The van der Waals surface area contributed by atoms with Crippen LogP contribution in [0.1, 0.15) is 10.4 Å². The van der Waals surface area contributed by atoms with Gasteiger partial charge in [-0.25, -0.2) is 0 Å². The second-order valence-electron chi connectivity index (χ2n) is 4.72. The average molecular weight is 374 g/mol. The fourth-order valence-corrected chi connectivity index (χ4v) is 2.61. The Bertz CT molecular complexity index is 918. The van der Waals surface area contributed by atoms with Gasteiger partial charge in [0.25, 0.3) is 5.91 Å². The molecule has 2 aromatic carbocycles. The van der Waals surface area contributed by atoms with Crippen LogP contribution in [0.5, 0.6) is 11.6 Å². The van der Waals surface area contributed by atoms with Gasteiger partial charge in [0.1, 0.15) is 5.75 Å². The van der Waals surface area contributed by atoms with E-state index in [1.165, 1.54) is 7.11 Å². The number of ether oxygens (including phenoxy) is 1. The highest BCUT2D eigenvalue weighted by atomic mass is 79.9. The molecule has 0 aliphatic rings. The minimum atomic E-state index is -0.497. The molecule has 7 heteroatoms. The summed E-state index contributed by atoms with van der Waals surface area (Å²) in [4.78, 5) is 14.8. The number of hydrogen-bond donors (Lipinski definition) is 2. The number of azo groups is 1. The van der Waals surface area contributed by atoms with Crippen molar-refractivity contribution in [3.8, 4) is 11.6 Å². The third-order valence-corrected chi connectivity index (χ3v) is 3.77. The van der Waals surface area contributed by atoms with Crippen molar-refractivity contribution in [3.05, 3.63) is 52.5 Å². The van der Waals surface area contributed by atoms with Crippen LogP contribution in [0.25, 0.3) is 10.9 Å². The molecule has 0 saturated carbocycles. The number of fused-ring (bicyclic) bond motifs is 1. The molecule has 116 valence electrons. The number of methoxy groups -OCH3 is 1. The number of rotatable bonds is 3. The summed E-state index contributed by atoms with van der Waals surface area (Å²) in [5.74, 6) is -0.101. The molecule has 0 bridgehead atoms. The highest BCUT2D eigenvalue weighted by Gasteiger charge is 2.14. The molecule has 0 aliphatic heterocycles. The second-order valence-corrected chi connectivity index (χ2v) is 5.64. The molecule has 6 nitrogen and oxygen atoms in total. The Morgan fingerprint density at radius 1 is 1.26 bits per heavy atom. The Morgan fingerprint density at radius 3 is 2.78 bits per heavy atom. The number of H-pyrrole nitrogens is 1. The first-order valence-electron chi connectivity index (χ1n) is 6.69. The Kier molecular flexibility index (Phi) is 4.12. The predicted octanol–water partition coefficient (Wildman–Crippen LogP) is 4.57. The van der Waals surface area contributed by atoms with E-state index in [2.05, 4.69) is 31.1 Å². The molecule has 3 rings (SSSR count). The first kappa shape index (κ1) is 15.2. The quantitative estimate of drug-likeness (QED) is 0.659. The Balaban J connectivity index is 1.98. The van der Waals surface area contributed by atoms with Crippen LogP contribution in [-0.2, 0) is 0 Å². The molecule has 0 fully saturated rings. The van der Waals surface area contributed by atoms with E-state index >= 15 is 0 Å². The lowest BCUT2D eigenvalue weighted by Crippen LogP contribution is -1.92. The van der Waals surface area contributed by atoms with Crippen LogP contribution in [0.4, 0.5) is 5.69 Å². The van der Waals surface area contributed by atoms with Crippen molar-refractivity contribution in [1.82, 2.24) is 4.98 Å². The maximum Gasteiger partial charge on any atom is 0.295 e. The van der Waals surface area contributed by atoms with Crippen molar-refractivity contribution in [2.45, 2.75) is 0 Å². The number of nitrogens with one attached hydrogen (secondary N) is 1. The van der Waals surface area contributed by atoms with Crippen LogP contribution >= 0.6 is 15.9 Å². The number of halogens is 1. The summed E-state index contributed by atoms with van der Waals surface area (Å²) in [5.41, 5.74) is 1.19. The number of hydrogen-bond acceptors (Lipinski definition) is 4. The van der Waals surface area contributed by atoms with E-state index < -0.39 is 5.91 Å². The molecule has 1 aromatic heterocycles. The van der Waals surface area contributed by atoms with Crippen molar-refractivity contribution in [2.75, 3.05) is 7.11 Å². The molecule has 0 radical (unpaired) electrons. The SMILES string of the molecule is COc1cccc2c(N=NC(=O)c3cccc(Br)c3)c(O)[nH]c12. The molecule has 3 aromatic rings. The van der Waals surface area contributed by atoms with Crippen LogP contribution in [0.3, 0.4) is 0 Å². The van der Waals surface area contributed by atoms with E-state index in [4.69, 9.17) is 4.74 Å². The van der Waals surface area contributed by atoms with Gasteiger partial charge in [0.2, 0.25) is 5.88 Å². The van der Waals surface area contributed by atoms with E-state index in [1.807, 2.05) is 6.07 Å². The third-order valence-electron chi connectivity index (χ3n) is 3.28. The lowest BCUT2D eigenvalue weighted by molar-refractivity contribution is 0.0995.